The van der Waals surface area contributed by atoms with Crippen molar-refractivity contribution in [1.29, 1.82) is 5.41 Å². The molecule has 1 heterocycles. The van der Waals surface area contributed by atoms with Gasteiger partial charge in [0.05, 0.1) is 0 Å². The standard InChI is InChI=1S/C16H16N2/c17-16(14-7-2-1-3-8-14)18-11-10-13-6-4-5-9-15(13)12-18/h1-9,17H,10-12H2. The Balaban J connectivity index is 1.82. The minimum Gasteiger partial charge on any atom is -0.352 e. The zero-order chi connectivity index (χ0) is 12.4. The first kappa shape index (κ1) is 11.0. The van der Waals surface area contributed by atoms with Crippen molar-refractivity contribution in [2.45, 2.75) is 13.0 Å². The second-order valence-corrected chi connectivity index (χ2v) is 4.65. The number of nitrogens with zero attached hydrogens (tertiary/aromatic N) is 1. The van der Waals surface area contributed by atoms with Gasteiger partial charge in [0.15, 0.2) is 0 Å². The number of amidine groups is 1. The van der Waals surface area contributed by atoms with Gasteiger partial charge in [0.2, 0.25) is 0 Å². The molecule has 18 heavy (non-hydrogen) atoms. The van der Waals surface area contributed by atoms with Crippen LogP contribution in [0.3, 0.4) is 0 Å². The van der Waals surface area contributed by atoms with E-state index in [1.165, 1.54) is 11.1 Å². The highest BCUT2D eigenvalue weighted by atomic mass is 15.2. The molecule has 2 aromatic rings. The maximum absolute atomic E-state index is 8.29. The quantitative estimate of drug-likeness (QED) is 0.598. The van der Waals surface area contributed by atoms with E-state index in [2.05, 4.69) is 29.2 Å². The summed E-state index contributed by atoms with van der Waals surface area (Å²) < 4.78 is 0. The average Bonchev–Trinajstić information content (AvgIpc) is 2.47. The Labute approximate surface area is 107 Å². The van der Waals surface area contributed by atoms with E-state index in [4.69, 9.17) is 5.41 Å². The first-order valence-corrected chi connectivity index (χ1v) is 6.30. The fraction of sp³-hybridized carbons (Fsp3) is 0.188. The average molecular weight is 236 g/mol. The lowest BCUT2D eigenvalue weighted by molar-refractivity contribution is 0.392. The molecule has 0 bridgehead atoms. The van der Waals surface area contributed by atoms with E-state index < -0.39 is 0 Å². The number of fused-ring (bicyclic) bond motifs is 1. The van der Waals surface area contributed by atoms with Crippen LogP contribution in [0.2, 0.25) is 0 Å². The molecule has 2 aromatic carbocycles. The highest BCUT2D eigenvalue weighted by Gasteiger charge is 2.18. The molecular formula is C16H16N2. The molecule has 0 saturated heterocycles. The molecule has 0 aromatic heterocycles. The summed E-state index contributed by atoms with van der Waals surface area (Å²) in [5.41, 5.74) is 3.77. The van der Waals surface area contributed by atoms with Crippen molar-refractivity contribution in [3.8, 4) is 0 Å². The lowest BCUT2D eigenvalue weighted by Gasteiger charge is -2.30. The van der Waals surface area contributed by atoms with Gasteiger partial charge in [0, 0.05) is 18.7 Å². The number of rotatable bonds is 1. The van der Waals surface area contributed by atoms with Crippen molar-refractivity contribution in [3.05, 3.63) is 71.3 Å². The van der Waals surface area contributed by atoms with Crippen molar-refractivity contribution in [2.24, 2.45) is 0 Å². The van der Waals surface area contributed by atoms with Crippen LogP contribution in [0.4, 0.5) is 0 Å². The monoisotopic (exact) mass is 236 g/mol. The molecule has 0 fully saturated rings. The Morgan fingerprint density at radius 3 is 2.33 bits per heavy atom. The third-order valence-electron chi connectivity index (χ3n) is 3.49. The zero-order valence-corrected chi connectivity index (χ0v) is 10.3. The van der Waals surface area contributed by atoms with Gasteiger partial charge in [-0.05, 0) is 17.5 Å². The van der Waals surface area contributed by atoms with E-state index in [1.807, 2.05) is 30.3 Å². The predicted octanol–water partition coefficient (Wildman–Crippen LogP) is 3.07. The van der Waals surface area contributed by atoms with Crippen LogP contribution in [-0.4, -0.2) is 17.3 Å². The molecule has 0 aliphatic carbocycles. The van der Waals surface area contributed by atoms with Gasteiger partial charge in [-0.1, -0.05) is 54.6 Å². The smallest absolute Gasteiger partial charge is 0.128 e. The van der Waals surface area contributed by atoms with Crippen molar-refractivity contribution in [2.75, 3.05) is 6.54 Å². The van der Waals surface area contributed by atoms with Gasteiger partial charge in [0.25, 0.3) is 0 Å². The first-order valence-electron chi connectivity index (χ1n) is 6.30. The van der Waals surface area contributed by atoms with Crippen molar-refractivity contribution < 1.29 is 0 Å². The molecule has 0 unspecified atom stereocenters. The maximum atomic E-state index is 8.29. The minimum atomic E-state index is 0.630. The Morgan fingerprint density at radius 2 is 1.56 bits per heavy atom. The lowest BCUT2D eigenvalue weighted by Crippen LogP contribution is -2.35. The third kappa shape index (κ3) is 2.02. The molecule has 0 amide bonds. The number of hydrogen-bond acceptors (Lipinski definition) is 1. The van der Waals surface area contributed by atoms with Crippen LogP contribution >= 0.6 is 0 Å². The number of benzene rings is 2. The number of hydrogen-bond donors (Lipinski definition) is 1. The van der Waals surface area contributed by atoms with Crippen LogP contribution in [-0.2, 0) is 13.0 Å². The SMILES string of the molecule is N=C(c1ccccc1)N1CCc2ccccc2C1. The Morgan fingerprint density at radius 1 is 0.889 bits per heavy atom. The van der Waals surface area contributed by atoms with E-state index in [0.29, 0.717) is 5.84 Å². The minimum absolute atomic E-state index is 0.630. The highest BCUT2D eigenvalue weighted by molar-refractivity contribution is 5.96. The van der Waals surface area contributed by atoms with Gasteiger partial charge >= 0.3 is 0 Å². The van der Waals surface area contributed by atoms with Crippen LogP contribution in [0, 0.1) is 5.41 Å². The molecule has 2 nitrogen and oxygen atoms in total. The molecular weight excluding hydrogens is 220 g/mol. The van der Waals surface area contributed by atoms with Gasteiger partial charge in [0.1, 0.15) is 5.84 Å². The van der Waals surface area contributed by atoms with E-state index in [0.717, 1.165) is 25.1 Å². The van der Waals surface area contributed by atoms with E-state index in [9.17, 15) is 0 Å². The molecule has 2 heteroatoms. The molecule has 0 radical (unpaired) electrons. The van der Waals surface area contributed by atoms with E-state index >= 15 is 0 Å². The van der Waals surface area contributed by atoms with Crippen molar-refractivity contribution in [3.63, 3.8) is 0 Å². The van der Waals surface area contributed by atoms with Crippen molar-refractivity contribution >= 4 is 5.84 Å². The summed E-state index contributed by atoms with van der Waals surface area (Å²) in [4.78, 5) is 2.15. The molecule has 1 aliphatic rings. The Kier molecular flexibility index (Phi) is 2.85. The lowest BCUT2D eigenvalue weighted by atomic mass is 9.99. The molecule has 0 atom stereocenters. The van der Waals surface area contributed by atoms with Crippen LogP contribution in [0.1, 0.15) is 16.7 Å². The topological polar surface area (TPSA) is 27.1 Å². The zero-order valence-electron chi connectivity index (χ0n) is 10.3. The third-order valence-corrected chi connectivity index (χ3v) is 3.49. The normalized spacial score (nSPS) is 14.1. The molecule has 1 aliphatic heterocycles. The summed E-state index contributed by atoms with van der Waals surface area (Å²) >= 11 is 0. The first-order chi connectivity index (χ1) is 8.84. The van der Waals surface area contributed by atoms with Crippen LogP contribution < -0.4 is 0 Å². The summed E-state index contributed by atoms with van der Waals surface area (Å²) in [7, 11) is 0. The van der Waals surface area contributed by atoms with E-state index in [1.54, 1.807) is 0 Å². The summed E-state index contributed by atoms with van der Waals surface area (Å²) in [6.45, 7) is 1.79. The molecule has 1 N–H and O–H groups in total. The molecule has 90 valence electrons. The fourth-order valence-corrected chi connectivity index (χ4v) is 2.47. The highest BCUT2D eigenvalue weighted by Crippen LogP contribution is 2.20. The van der Waals surface area contributed by atoms with Gasteiger partial charge in [-0.25, -0.2) is 0 Å². The van der Waals surface area contributed by atoms with Gasteiger partial charge < -0.3 is 4.90 Å². The summed E-state index contributed by atoms with van der Waals surface area (Å²) in [6, 6.07) is 18.5. The van der Waals surface area contributed by atoms with Gasteiger partial charge in [-0.3, -0.25) is 5.41 Å². The predicted molar refractivity (Wildman–Crippen MR) is 73.8 cm³/mol. The molecule has 0 saturated carbocycles. The summed E-state index contributed by atoms with van der Waals surface area (Å²) in [5.74, 6) is 0.630. The molecule has 3 rings (SSSR count). The number of nitrogens with one attached hydrogen (secondary N) is 1. The van der Waals surface area contributed by atoms with Gasteiger partial charge in [-0.2, -0.15) is 0 Å². The largest absolute Gasteiger partial charge is 0.352 e. The Hall–Kier alpha value is -2.09. The van der Waals surface area contributed by atoms with E-state index in [-0.39, 0.29) is 0 Å². The Bertz CT molecular complexity index is 560. The van der Waals surface area contributed by atoms with Crippen LogP contribution in [0.5, 0.6) is 0 Å². The van der Waals surface area contributed by atoms with Crippen molar-refractivity contribution in [1.82, 2.24) is 4.90 Å². The second-order valence-electron chi connectivity index (χ2n) is 4.65. The van der Waals surface area contributed by atoms with Crippen LogP contribution in [0.25, 0.3) is 0 Å². The summed E-state index contributed by atoms with van der Waals surface area (Å²) in [5, 5.41) is 8.29. The second kappa shape index (κ2) is 4.65. The molecule has 0 spiro atoms. The maximum Gasteiger partial charge on any atom is 0.128 e. The van der Waals surface area contributed by atoms with Gasteiger partial charge in [-0.15, -0.1) is 0 Å². The van der Waals surface area contributed by atoms with Crippen LogP contribution in [0.15, 0.2) is 54.6 Å². The fourth-order valence-electron chi connectivity index (χ4n) is 2.47. The summed E-state index contributed by atoms with van der Waals surface area (Å²) in [6.07, 6.45) is 1.03.